The topological polar surface area (TPSA) is 107 Å². The maximum atomic E-state index is 12.0. The van der Waals surface area contributed by atoms with Crippen LogP contribution in [0.4, 0.5) is 6.01 Å². The van der Waals surface area contributed by atoms with Crippen molar-refractivity contribution in [3.05, 3.63) is 34.6 Å². The van der Waals surface area contributed by atoms with Crippen molar-refractivity contribution in [2.45, 2.75) is 40.5 Å². The molecular weight excluding hydrogens is 312 g/mol. The average Bonchev–Trinajstić information content (AvgIpc) is 3.18. The highest BCUT2D eigenvalue weighted by Gasteiger charge is 2.17. The van der Waals surface area contributed by atoms with Crippen LogP contribution in [0.15, 0.2) is 19.4 Å². The van der Waals surface area contributed by atoms with Gasteiger partial charge in [-0.2, -0.15) is 0 Å². The molecule has 0 radical (unpaired) electrons. The van der Waals surface area contributed by atoms with E-state index in [2.05, 4.69) is 20.7 Å². The van der Waals surface area contributed by atoms with Crippen molar-refractivity contribution in [1.82, 2.24) is 15.4 Å². The van der Waals surface area contributed by atoms with Crippen LogP contribution in [0.25, 0.3) is 11.5 Å². The lowest BCUT2D eigenvalue weighted by molar-refractivity contribution is -0.116. The minimum atomic E-state index is -0.217. The molecule has 0 spiro atoms. The molecule has 1 amide bonds. The van der Waals surface area contributed by atoms with E-state index in [-0.39, 0.29) is 18.3 Å². The van der Waals surface area contributed by atoms with Crippen LogP contribution >= 0.6 is 0 Å². The van der Waals surface area contributed by atoms with Crippen molar-refractivity contribution < 1.29 is 18.2 Å². The van der Waals surface area contributed by atoms with Crippen LogP contribution < -0.4 is 5.32 Å². The summed E-state index contributed by atoms with van der Waals surface area (Å²) in [6.45, 7) is 7.33. The third kappa shape index (κ3) is 3.22. The Morgan fingerprint density at radius 2 is 1.92 bits per heavy atom. The first-order valence-corrected chi connectivity index (χ1v) is 7.56. The molecule has 0 aromatic carbocycles. The Labute approximate surface area is 138 Å². The number of aryl methyl sites for hydroxylation is 4. The van der Waals surface area contributed by atoms with E-state index in [4.69, 9.17) is 13.4 Å². The first kappa shape index (κ1) is 16.0. The van der Waals surface area contributed by atoms with Gasteiger partial charge in [0.1, 0.15) is 17.3 Å². The molecule has 8 heteroatoms. The molecule has 3 rings (SSSR count). The predicted octanol–water partition coefficient (Wildman–Crippen LogP) is 3.12. The lowest BCUT2D eigenvalue weighted by atomic mass is 10.1. The van der Waals surface area contributed by atoms with Crippen molar-refractivity contribution in [1.29, 1.82) is 0 Å². The number of rotatable bonds is 5. The zero-order valence-electron chi connectivity index (χ0n) is 14.0. The molecule has 3 aromatic heterocycles. The number of amides is 1. The van der Waals surface area contributed by atoms with E-state index in [0.717, 1.165) is 28.3 Å². The number of hydrogen-bond acceptors (Lipinski definition) is 7. The first-order valence-electron chi connectivity index (χ1n) is 7.56. The molecule has 0 aliphatic carbocycles. The zero-order valence-corrected chi connectivity index (χ0v) is 14.0. The molecule has 8 nitrogen and oxygen atoms in total. The molecular formula is C16H18N4O4. The molecule has 0 atom stereocenters. The third-order valence-corrected chi connectivity index (χ3v) is 3.73. The summed E-state index contributed by atoms with van der Waals surface area (Å²) in [6, 6.07) is 1.87. The quantitative estimate of drug-likeness (QED) is 0.765. The summed E-state index contributed by atoms with van der Waals surface area (Å²) in [6.07, 6.45) is 0.804. The summed E-state index contributed by atoms with van der Waals surface area (Å²) in [7, 11) is 0. The van der Waals surface area contributed by atoms with Crippen molar-refractivity contribution in [3.8, 4) is 11.5 Å². The number of nitrogens with one attached hydrogen (secondary N) is 1. The van der Waals surface area contributed by atoms with Crippen LogP contribution in [0.5, 0.6) is 0 Å². The van der Waals surface area contributed by atoms with E-state index in [9.17, 15) is 4.79 Å². The second-order valence-electron chi connectivity index (χ2n) is 5.59. The Kier molecular flexibility index (Phi) is 4.20. The molecule has 1 N–H and O–H groups in total. The van der Waals surface area contributed by atoms with Gasteiger partial charge < -0.3 is 13.4 Å². The molecule has 0 saturated heterocycles. The van der Waals surface area contributed by atoms with Gasteiger partial charge in [0.05, 0.1) is 11.3 Å². The number of carbonyl (C=O) groups excluding carboxylic acids is 1. The van der Waals surface area contributed by atoms with Crippen molar-refractivity contribution in [2.24, 2.45) is 0 Å². The van der Waals surface area contributed by atoms with E-state index in [1.807, 2.05) is 33.8 Å². The summed E-state index contributed by atoms with van der Waals surface area (Å²) < 4.78 is 16.0. The Morgan fingerprint density at radius 1 is 1.12 bits per heavy atom. The van der Waals surface area contributed by atoms with Gasteiger partial charge >= 0.3 is 6.01 Å². The summed E-state index contributed by atoms with van der Waals surface area (Å²) in [5.74, 6) is 2.26. The van der Waals surface area contributed by atoms with Gasteiger partial charge in [0.15, 0.2) is 0 Å². The van der Waals surface area contributed by atoms with Crippen molar-refractivity contribution >= 4 is 11.9 Å². The van der Waals surface area contributed by atoms with Gasteiger partial charge in [-0.1, -0.05) is 10.3 Å². The third-order valence-electron chi connectivity index (χ3n) is 3.73. The minimum absolute atomic E-state index is 0.0621. The Balaban J connectivity index is 1.62. The molecule has 0 unspecified atom stereocenters. The smallest absolute Gasteiger partial charge is 0.322 e. The van der Waals surface area contributed by atoms with Gasteiger partial charge in [0.25, 0.3) is 5.89 Å². The lowest BCUT2D eigenvalue weighted by Crippen LogP contribution is -2.12. The largest absolute Gasteiger partial charge is 0.466 e. The van der Waals surface area contributed by atoms with E-state index in [1.54, 1.807) is 0 Å². The fraction of sp³-hybridized carbons (Fsp3) is 0.375. The lowest BCUT2D eigenvalue weighted by Gasteiger charge is -2.00. The zero-order chi connectivity index (χ0) is 17.3. The van der Waals surface area contributed by atoms with Crippen LogP contribution in [0.2, 0.25) is 0 Å². The number of aromatic nitrogens is 3. The Bertz CT molecular complexity index is 855. The van der Waals surface area contributed by atoms with E-state index in [1.165, 1.54) is 0 Å². The monoisotopic (exact) mass is 330 g/mol. The highest BCUT2D eigenvalue weighted by atomic mass is 16.5. The molecule has 0 bridgehead atoms. The van der Waals surface area contributed by atoms with Crippen molar-refractivity contribution in [3.63, 3.8) is 0 Å². The molecule has 0 aliphatic rings. The summed E-state index contributed by atoms with van der Waals surface area (Å²) in [4.78, 5) is 12.0. The number of hydrogen-bond donors (Lipinski definition) is 1. The average molecular weight is 330 g/mol. The van der Waals surface area contributed by atoms with Gasteiger partial charge in [-0.15, -0.1) is 5.10 Å². The second kappa shape index (κ2) is 6.31. The van der Waals surface area contributed by atoms with E-state index < -0.39 is 0 Å². The molecule has 0 fully saturated rings. The Hall–Kier alpha value is -2.90. The second-order valence-corrected chi connectivity index (χ2v) is 5.59. The predicted molar refractivity (Wildman–Crippen MR) is 84.4 cm³/mol. The number of furan rings is 1. The summed E-state index contributed by atoms with van der Waals surface area (Å²) >= 11 is 0. The molecule has 3 heterocycles. The van der Waals surface area contributed by atoms with Gasteiger partial charge in [-0.25, -0.2) is 0 Å². The van der Waals surface area contributed by atoms with Crippen molar-refractivity contribution in [2.75, 3.05) is 5.32 Å². The number of anilines is 1. The highest BCUT2D eigenvalue weighted by molar-refractivity contribution is 5.88. The standard InChI is InChI=1S/C16H18N4O4/c1-8-7-13(10(3)22-8)15-18-19-16(23-15)17-14(21)6-5-12-9(2)20-24-11(12)4/h7H,5-6H2,1-4H3,(H,17,19,21). The maximum Gasteiger partial charge on any atom is 0.322 e. The highest BCUT2D eigenvalue weighted by Crippen LogP contribution is 2.26. The fourth-order valence-corrected chi connectivity index (χ4v) is 2.50. The van der Waals surface area contributed by atoms with Crippen LogP contribution in [-0.2, 0) is 11.2 Å². The SMILES string of the molecule is Cc1cc(-c2nnc(NC(=O)CCc3c(C)noc3C)o2)c(C)o1. The van der Waals surface area contributed by atoms with E-state index >= 15 is 0 Å². The first-order chi connectivity index (χ1) is 11.4. The normalized spacial score (nSPS) is 11.0. The summed E-state index contributed by atoms with van der Waals surface area (Å²) in [5, 5.41) is 14.2. The van der Waals surface area contributed by atoms with Crippen LogP contribution in [0.1, 0.15) is 35.0 Å². The summed E-state index contributed by atoms with van der Waals surface area (Å²) in [5.41, 5.74) is 2.46. The molecule has 126 valence electrons. The molecule has 0 aliphatic heterocycles. The van der Waals surface area contributed by atoms with Crippen LogP contribution in [0.3, 0.4) is 0 Å². The number of nitrogens with zero attached hydrogens (tertiary/aromatic N) is 3. The van der Waals surface area contributed by atoms with Crippen LogP contribution in [-0.4, -0.2) is 21.3 Å². The van der Waals surface area contributed by atoms with Gasteiger partial charge in [-0.3, -0.25) is 10.1 Å². The van der Waals surface area contributed by atoms with Gasteiger partial charge in [-0.05, 0) is 40.2 Å². The Morgan fingerprint density at radius 3 is 2.54 bits per heavy atom. The van der Waals surface area contributed by atoms with E-state index in [0.29, 0.717) is 18.1 Å². The molecule has 24 heavy (non-hydrogen) atoms. The van der Waals surface area contributed by atoms with Gasteiger partial charge in [0, 0.05) is 12.0 Å². The molecule has 0 saturated carbocycles. The maximum absolute atomic E-state index is 12.0. The van der Waals surface area contributed by atoms with Crippen LogP contribution in [0, 0.1) is 27.7 Å². The van der Waals surface area contributed by atoms with Gasteiger partial charge in [0.2, 0.25) is 5.91 Å². The molecule has 3 aromatic rings. The fourth-order valence-electron chi connectivity index (χ4n) is 2.50. The minimum Gasteiger partial charge on any atom is -0.466 e. The number of carbonyl (C=O) groups is 1.